The van der Waals surface area contributed by atoms with Gasteiger partial charge in [-0.15, -0.1) is 0 Å². The zero-order valence-electron chi connectivity index (χ0n) is 11.9. The molecule has 4 heteroatoms. The van der Waals surface area contributed by atoms with Crippen LogP contribution in [0.4, 0.5) is 17.3 Å². The fourth-order valence-corrected chi connectivity index (χ4v) is 1.85. The van der Waals surface area contributed by atoms with Gasteiger partial charge in [-0.3, -0.25) is 0 Å². The van der Waals surface area contributed by atoms with Gasteiger partial charge >= 0.3 is 0 Å². The first-order valence-electron chi connectivity index (χ1n) is 6.49. The van der Waals surface area contributed by atoms with Gasteiger partial charge < -0.3 is 10.6 Å². The molecule has 0 atom stereocenters. The van der Waals surface area contributed by atoms with Crippen LogP contribution in [0.25, 0.3) is 0 Å². The Morgan fingerprint density at radius 2 is 1.68 bits per heavy atom. The Morgan fingerprint density at radius 3 is 2.37 bits per heavy atom. The predicted octanol–water partition coefficient (Wildman–Crippen LogP) is 3.66. The third-order valence-corrected chi connectivity index (χ3v) is 2.68. The summed E-state index contributed by atoms with van der Waals surface area (Å²) in [7, 11) is 0. The molecule has 1 heterocycles. The van der Waals surface area contributed by atoms with Crippen molar-refractivity contribution < 1.29 is 0 Å². The van der Waals surface area contributed by atoms with Gasteiger partial charge in [0.05, 0.1) is 0 Å². The second-order valence-electron chi connectivity index (χ2n) is 4.92. The molecule has 100 valence electrons. The van der Waals surface area contributed by atoms with E-state index in [9.17, 15) is 0 Å². The van der Waals surface area contributed by atoms with Crippen LogP contribution in [0.1, 0.15) is 25.2 Å². The fourth-order valence-electron chi connectivity index (χ4n) is 1.85. The highest BCUT2D eigenvalue weighted by molar-refractivity contribution is 5.62. The van der Waals surface area contributed by atoms with Crippen LogP contribution >= 0.6 is 0 Å². The Labute approximate surface area is 114 Å². The lowest BCUT2D eigenvalue weighted by Gasteiger charge is -2.13. The molecule has 0 aliphatic heterocycles. The van der Waals surface area contributed by atoms with Gasteiger partial charge in [-0.2, -0.15) is 0 Å². The topological polar surface area (TPSA) is 49.8 Å². The van der Waals surface area contributed by atoms with Crippen molar-refractivity contribution in [3.63, 3.8) is 0 Å². The molecule has 1 aromatic carbocycles. The van der Waals surface area contributed by atoms with Crippen molar-refractivity contribution in [2.75, 3.05) is 10.6 Å². The molecule has 2 rings (SSSR count). The van der Waals surface area contributed by atoms with Gasteiger partial charge in [0, 0.05) is 17.8 Å². The van der Waals surface area contributed by atoms with E-state index in [-0.39, 0.29) is 0 Å². The predicted molar refractivity (Wildman–Crippen MR) is 80.0 cm³/mol. The summed E-state index contributed by atoms with van der Waals surface area (Å²) in [6.45, 7) is 8.15. The van der Waals surface area contributed by atoms with Crippen LogP contribution < -0.4 is 10.6 Å². The summed E-state index contributed by atoms with van der Waals surface area (Å²) >= 11 is 0. The lowest BCUT2D eigenvalue weighted by atomic mass is 10.2. The quantitative estimate of drug-likeness (QED) is 0.876. The van der Waals surface area contributed by atoms with E-state index in [2.05, 4.69) is 47.4 Å². The van der Waals surface area contributed by atoms with Crippen LogP contribution in [0.5, 0.6) is 0 Å². The Kier molecular flexibility index (Phi) is 4.00. The molecule has 2 N–H and O–H groups in total. The first kappa shape index (κ1) is 13.3. The van der Waals surface area contributed by atoms with Crippen LogP contribution in [0, 0.1) is 13.8 Å². The van der Waals surface area contributed by atoms with E-state index in [0.29, 0.717) is 6.04 Å². The molecule has 0 amide bonds. The molecule has 0 unspecified atom stereocenters. The molecule has 1 aromatic heterocycles. The number of hydrogen-bond donors (Lipinski definition) is 2. The highest BCUT2D eigenvalue weighted by Gasteiger charge is 2.04. The minimum absolute atomic E-state index is 0.348. The number of hydrogen-bond acceptors (Lipinski definition) is 4. The molecule has 0 radical (unpaired) electrons. The summed E-state index contributed by atoms with van der Waals surface area (Å²) in [5.74, 6) is 2.41. The monoisotopic (exact) mass is 256 g/mol. The van der Waals surface area contributed by atoms with Crippen LogP contribution in [0.15, 0.2) is 30.3 Å². The van der Waals surface area contributed by atoms with Gasteiger partial charge in [0.25, 0.3) is 0 Å². The van der Waals surface area contributed by atoms with Crippen LogP contribution in [0.3, 0.4) is 0 Å². The molecular formula is C15H20N4. The van der Waals surface area contributed by atoms with Crippen molar-refractivity contribution in [1.82, 2.24) is 9.97 Å². The SMILES string of the molecule is Cc1nc(Nc2ccccc2C)cc(NC(C)C)n1. The Bertz CT molecular complexity index is 564. The van der Waals surface area contributed by atoms with Crippen LogP contribution in [-0.4, -0.2) is 16.0 Å². The molecule has 0 aliphatic carbocycles. The van der Waals surface area contributed by atoms with Crippen molar-refractivity contribution in [3.05, 3.63) is 41.7 Å². The number of nitrogens with one attached hydrogen (secondary N) is 2. The van der Waals surface area contributed by atoms with Crippen molar-refractivity contribution in [1.29, 1.82) is 0 Å². The summed E-state index contributed by atoms with van der Waals surface area (Å²) in [5, 5.41) is 6.63. The number of rotatable bonds is 4. The highest BCUT2D eigenvalue weighted by atomic mass is 15.1. The van der Waals surface area contributed by atoms with E-state index in [0.717, 1.165) is 23.1 Å². The molecule has 0 saturated heterocycles. The number of aryl methyl sites for hydroxylation is 2. The van der Waals surface area contributed by atoms with E-state index >= 15 is 0 Å². The van der Waals surface area contributed by atoms with Gasteiger partial charge in [0.2, 0.25) is 0 Å². The number of aromatic nitrogens is 2. The molecule has 0 aliphatic rings. The first-order valence-corrected chi connectivity index (χ1v) is 6.49. The zero-order chi connectivity index (χ0) is 13.8. The molecule has 2 aromatic rings. The van der Waals surface area contributed by atoms with E-state index in [1.54, 1.807) is 0 Å². The van der Waals surface area contributed by atoms with Crippen molar-refractivity contribution >= 4 is 17.3 Å². The Morgan fingerprint density at radius 1 is 1.00 bits per heavy atom. The second kappa shape index (κ2) is 5.69. The van der Waals surface area contributed by atoms with Crippen molar-refractivity contribution in [2.45, 2.75) is 33.7 Å². The molecule has 0 saturated carbocycles. The maximum atomic E-state index is 4.42. The van der Waals surface area contributed by atoms with Crippen molar-refractivity contribution in [2.24, 2.45) is 0 Å². The van der Waals surface area contributed by atoms with E-state index in [4.69, 9.17) is 0 Å². The summed E-state index contributed by atoms with van der Waals surface area (Å²) < 4.78 is 0. The van der Waals surface area contributed by atoms with Gasteiger partial charge in [0.15, 0.2) is 0 Å². The molecule has 0 spiro atoms. The number of nitrogens with zero attached hydrogens (tertiary/aromatic N) is 2. The summed E-state index contributed by atoms with van der Waals surface area (Å²) in [4.78, 5) is 8.79. The minimum Gasteiger partial charge on any atom is -0.368 e. The molecule has 0 bridgehead atoms. The molecule has 0 fully saturated rings. The summed E-state index contributed by atoms with van der Waals surface area (Å²) in [5.41, 5.74) is 2.26. The smallest absolute Gasteiger partial charge is 0.136 e. The second-order valence-corrected chi connectivity index (χ2v) is 4.92. The normalized spacial score (nSPS) is 10.6. The summed E-state index contributed by atoms with van der Waals surface area (Å²) in [6.07, 6.45) is 0. The van der Waals surface area contributed by atoms with E-state index < -0.39 is 0 Å². The van der Waals surface area contributed by atoms with Gasteiger partial charge in [-0.1, -0.05) is 18.2 Å². The van der Waals surface area contributed by atoms with Crippen LogP contribution in [-0.2, 0) is 0 Å². The third kappa shape index (κ3) is 3.68. The fraction of sp³-hybridized carbons (Fsp3) is 0.333. The maximum absolute atomic E-state index is 4.42. The zero-order valence-corrected chi connectivity index (χ0v) is 11.9. The van der Waals surface area contributed by atoms with Gasteiger partial charge in [0.1, 0.15) is 17.5 Å². The van der Waals surface area contributed by atoms with E-state index in [1.165, 1.54) is 5.56 Å². The van der Waals surface area contributed by atoms with Crippen LogP contribution in [0.2, 0.25) is 0 Å². The number of benzene rings is 1. The van der Waals surface area contributed by atoms with Crippen molar-refractivity contribution in [3.8, 4) is 0 Å². The minimum atomic E-state index is 0.348. The maximum Gasteiger partial charge on any atom is 0.136 e. The van der Waals surface area contributed by atoms with E-state index in [1.807, 2.05) is 31.2 Å². The lowest BCUT2D eigenvalue weighted by Crippen LogP contribution is -2.12. The number of para-hydroxylation sites is 1. The Hall–Kier alpha value is -2.10. The third-order valence-electron chi connectivity index (χ3n) is 2.68. The Balaban J connectivity index is 2.25. The average Bonchev–Trinajstić information content (AvgIpc) is 2.30. The molecular weight excluding hydrogens is 236 g/mol. The molecule has 19 heavy (non-hydrogen) atoms. The first-order chi connectivity index (χ1) is 9.04. The standard InChI is InChI=1S/C15H20N4/c1-10(2)16-14-9-15(18-12(4)17-14)19-13-8-6-5-7-11(13)3/h5-10H,1-4H3,(H2,16,17,18,19). The lowest BCUT2D eigenvalue weighted by molar-refractivity contribution is 0.881. The van der Waals surface area contributed by atoms with Gasteiger partial charge in [-0.05, 0) is 39.3 Å². The molecule has 4 nitrogen and oxygen atoms in total. The summed E-state index contributed by atoms with van der Waals surface area (Å²) in [6, 6.07) is 10.4. The largest absolute Gasteiger partial charge is 0.368 e. The highest BCUT2D eigenvalue weighted by Crippen LogP contribution is 2.20. The number of anilines is 3. The van der Waals surface area contributed by atoms with Gasteiger partial charge in [-0.25, -0.2) is 9.97 Å². The average molecular weight is 256 g/mol.